The highest BCUT2D eigenvalue weighted by Gasteiger charge is 2.53. The Morgan fingerprint density at radius 1 is 0.441 bits per heavy atom. The van der Waals surface area contributed by atoms with Gasteiger partial charge in [-0.3, -0.25) is 0 Å². The fourth-order valence-electron chi connectivity index (χ4n) is 4.05. The van der Waals surface area contributed by atoms with Crippen LogP contribution in [0.4, 0.5) is 0 Å². The van der Waals surface area contributed by atoms with E-state index in [0.29, 0.717) is 0 Å². The lowest BCUT2D eigenvalue weighted by atomic mass is 9.96. The predicted octanol–water partition coefficient (Wildman–Crippen LogP) is -7.57. The quantitative estimate of drug-likeness (QED) is 0.154. The molecule has 3 aliphatic rings. The van der Waals surface area contributed by atoms with Gasteiger partial charge in [-0.2, -0.15) is 0 Å². The molecular formula is C18H32O16. The molecule has 0 aromatic carbocycles. The molecule has 0 aliphatic carbocycles. The zero-order valence-corrected chi connectivity index (χ0v) is 17.7. The minimum Gasteiger partial charge on any atom is -0.394 e. The maximum Gasteiger partial charge on any atom is 0.187 e. The molecule has 0 bridgehead atoms. The van der Waals surface area contributed by atoms with Crippen molar-refractivity contribution in [3.8, 4) is 0 Å². The highest BCUT2D eigenvalue weighted by atomic mass is 16.7. The van der Waals surface area contributed by atoms with E-state index in [4.69, 9.17) is 23.7 Å². The van der Waals surface area contributed by atoms with Crippen LogP contribution in [0.1, 0.15) is 0 Å². The van der Waals surface area contributed by atoms with E-state index in [1.165, 1.54) is 0 Å². The summed E-state index contributed by atoms with van der Waals surface area (Å²) < 4.78 is 26.2. The van der Waals surface area contributed by atoms with Gasteiger partial charge in [0.05, 0.1) is 19.8 Å². The third-order valence-electron chi connectivity index (χ3n) is 6.09. The van der Waals surface area contributed by atoms with Crippen LogP contribution in [0.25, 0.3) is 0 Å². The number of rotatable bonds is 7. The Bertz CT molecular complexity index is 637. The van der Waals surface area contributed by atoms with Gasteiger partial charge in [0.15, 0.2) is 18.9 Å². The molecule has 0 aromatic heterocycles. The van der Waals surface area contributed by atoms with Crippen LogP contribution in [-0.2, 0) is 23.7 Å². The van der Waals surface area contributed by atoms with Gasteiger partial charge in [-0.15, -0.1) is 0 Å². The number of ether oxygens (including phenoxy) is 5. The molecule has 15 atom stereocenters. The van der Waals surface area contributed by atoms with Gasteiger partial charge in [-0.05, 0) is 0 Å². The van der Waals surface area contributed by atoms with Crippen LogP contribution >= 0.6 is 0 Å². The maximum absolute atomic E-state index is 10.6. The van der Waals surface area contributed by atoms with Crippen molar-refractivity contribution in [2.75, 3.05) is 19.8 Å². The molecule has 200 valence electrons. The molecule has 3 saturated heterocycles. The van der Waals surface area contributed by atoms with Crippen molar-refractivity contribution in [2.45, 2.75) is 92.1 Å². The first-order valence-electron chi connectivity index (χ1n) is 10.6. The standard InChI is InChI=1S/C18H32O16/c19-1-4-7(22)9(24)11(26)17(31-4)33-14-6(3-21)32-18(12(27)10(14)25)34-15-8(23)5(2-20)30-16(29)13(15)28/h4-29H,1-3H2/t4-,5-,6-,7-,8+,9+,10-,11+,12-,13-,14+,15+,16+,17-,18+/m1/s1. The lowest BCUT2D eigenvalue weighted by molar-refractivity contribution is -0.378. The molecule has 3 fully saturated rings. The zero-order valence-electron chi connectivity index (χ0n) is 17.7. The van der Waals surface area contributed by atoms with Gasteiger partial charge in [0, 0.05) is 0 Å². The Morgan fingerprint density at radius 2 is 0.912 bits per heavy atom. The van der Waals surface area contributed by atoms with Gasteiger partial charge in [0.1, 0.15) is 73.2 Å². The molecule has 3 heterocycles. The molecule has 0 saturated carbocycles. The summed E-state index contributed by atoms with van der Waals surface area (Å²) in [6.07, 6.45) is -25.3. The number of aliphatic hydroxyl groups excluding tert-OH is 11. The summed E-state index contributed by atoms with van der Waals surface area (Å²) in [5.41, 5.74) is 0. The molecular weight excluding hydrogens is 472 g/mol. The second-order valence-corrected chi connectivity index (χ2v) is 8.33. The number of aliphatic hydroxyl groups is 11. The van der Waals surface area contributed by atoms with Crippen molar-refractivity contribution in [3.05, 3.63) is 0 Å². The lowest BCUT2D eigenvalue weighted by Gasteiger charge is -2.47. The SMILES string of the molecule is OC[C@H]1O[C@H](O)[C@H](O)[C@@H](O[C@@H]2O[C@H](CO)[C@H](O[C@H]3O[C@H](CO)[C@@H](O)[C@H](O)[C@@H]3O)[C@H](O)[C@H]2O)[C@H]1O. The van der Waals surface area contributed by atoms with E-state index in [9.17, 15) is 56.2 Å². The average Bonchev–Trinajstić information content (AvgIpc) is 2.83. The monoisotopic (exact) mass is 504 g/mol. The molecule has 11 N–H and O–H groups in total. The van der Waals surface area contributed by atoms with Gasteiger partial charge in [0.25, 0.3) is 0 Å². The summed E-state index contributed by atoms with van der Waals surface area (Å²) in [5.74, 6) is 0. The third kappa shape index (κ3) is 5.37. The Labute approximate surface area is 192 Å². The van der Waals surface area contributed by atoms with Crippen LogP contribution in [0.3, 0.4) is 0 Å². The molecule has 3 aliphatic heterocycles. The van der Waals surface area contributed by atoms with Crippen molar-refractivity contribution in [3.63, 3.8) is 0 Å². The Kier molecular flexibility index (Phi) is 9.54. The van der Waals surface area contributed by atoms with Crippen LogP contribution in [0.5, 0.6) is 0 Å². The molecule has 16 nitrogen and oxygen atoms in total. The largest absolute Gasteiger partial charge is 0.394 e. The topological polar surface area (TPSA) is 269 Å². The van der Waals surface area contributed by atoms with Crippen LogP contribution in [0, 0.1) is 0 Å². The van der Waals surface area contributed by atoms with E-state index in [2.05, 4.69) is 0 Å². The summed E-state index contributed by atoms with van der Waals surface area (Å²) in [6.45, 7) is -2.31. The Morgan fingerprint density at radius 3 is 1.47 bits per heavy atom. The molecule has 0 aromatic rings. The van der Waals surface area contributed by atoms with Gasteiger partial charge in [0.2, 0.25) is 0 Å². The van der Waals surface area contributed by atoms with E-state index in [1.807, 2.05) is 0 Å². The van der Waals surface area contributed by atoms with E-state index < -0.39 is 112 Å². The highest BCUT2D eigenvalue weighted by molar-refractivity contribution is 4.96. The van der Waals surface area contributed by atoms with Crippen molar-refractivity contribution < 1.29 is 79.9 Å². The van der Waals surface area contributed by atoms with Crippen molar-refractivity contribution in [2.24, 2.45) is 0 Å². The van der Waals surface area contributed by atoms with E-state index >= 15 is 0 Å². The summed E-state index contributed by atoms with van der Waals surface area (Å²) >= 11 is 0. The second-order valence-electron chi connectivity index (χ2n) is 8.33. The molecule has 0 radical (unpaired) electrons. The maximum atomic E-state index is 10.6. The van der Waals surface area contributed by atoms with Crippen LogP contribution < -0.4 is 0 Å². The van der Waals surface area contributed by atoms with Gasteiger partial charge < -0.3 is 79.9 Å². The van der Waals surface area contributed by atoms with Crippen molar-refractivity contribution in [1.29, 1.82) is 0 Å². The second kappa shape index (κ2) is 11.6. The Hall–Kier alpha value is -0.640. The van der Waals surface area contributed by atoms with E-state index in [1.54, 1.807) is 0 Å². The van der Waals surface area contributed by atoms with Crippen LogP contribution in [0.2, 0.25) is 0 Å². The molecule has 0 amide bonds. The molecule has 0 spiro atoms. The minimum absolute atomic E-state index is 0.740. The summed E-state index contributed by atoms with van der Waals surface area (Å²) in [4.78, 5) is 0. The smallest absolute Gasteiger partial charge is 0.187 e. The minimum atomic E-state index is -1.93. The highest BCUT2D eigenvalue weighted by Crippen LogP contribution is 2.32. The molecule has 16 heteroatoms. The van der Waals surface area contributed by atoms with Crippen LogP contribution in [0.15, 0.2) is 0 Å². The molecule has 3 rings (SSSR count). The summed E-state index contributed by atoms with van der Waals surface area (Å²) in [5, 5.41) is 109. The first-order valence-corrected chi connectivity index (χ1v) is 10.6. The normalized spacial score (nSPS) is 52.5. The fourth-order valence-corrected chi connectivity index (χ4v) is 4.05. The van der Waals surface area contributed by atoms with E-state index in [-0.39, 0.29) is 0 Å². The molecule has 34 heavy (non-hydrogen) atoms. The summed E-state index contributed by atoms with van der Waals surface area (Å²) in [7, 11) is 0. The lowest BCUT2D eigenvalue weighted by Crippen LogP contribution is -2.66. The zero-order chi connectivity index (χ0) is 25.3. The van der Waals surface area contributed by atoms with Crippen LogP contribution in [-0.4, -0.2) is 168 Å². The average molecular weight is 504 g/mol. The summed E-state index contributed by atoms with van der Waals surface area (Å²) in [6, 6.07) is 0. The van der Waals surface area contributed by atoms with Crippen molar-refractivity contribution >= 4 is 0 Å². The van der Waals surface area contributed by atoms with Gasteiger partial charge in [-0.1, -0.05) is 0 Å². The first-order chi connectivity index (χ1) is 16.0. The Balaban J connectivity index is 1.72. The fraction of sp³-hybridized carbons (Fsp3) is 1.00. The van der Waals surface area contributed by atoms with Gasteiger partial charge >= 0.3 is 0 Å². The molecule has 0 unspecified atom stereocenters. The number of hydrogen-bond acceptors (Lipinski definition) is 16. The first kappa shape index (κ1) is 27.9. The van der Waals surface area contributed by atoms with Gasteiger partial charge in [-0.25, -0.2) is 0 Å². The number of hydrogen-bond donors (Lipinski definition) is 11. The van der Waals surface area contributed by atoms with Crippen molar-refractivity contribution in [1.82, 2.24) is 0 Å². The third-order valence-corrected chi connectivity index (χ3v) is 6.09. The van der Waals surface area contributed by atoms with E-state index in [0.717, 1.165) is 0 Å². The predicted molar refractivity (Wildman–Crippen MR) is 101 cm³/mol.